The highest BCUT2D eigenvalue weighted by atomic mass is 16.5. The average Bonchev–Trinajstić information content (AvgIpc) is 2.28. The van der Waals surface area contributed by atoms with E-state index in [1.165, 1.54) is 0 Å². The fourth-order valence-corrected chi connectivity index (χ4v) is 2.04. The maximum atomic E-state index is 10.6. The first-order valence-electron chi connectivity index (χ1n) is 6.39. The first-order chi connectivity index (χ1) is 7.90. The van der Waals surface area contributed by atoms with Crippen LogP contribution in [0.5, 0.6) is 5.75 Å². The Morgan fingerprint density at radius 3 is 2.00 bits per heavy atom. The first kappa shape index (κ1) is 14.0. The topological polar surface area (TPSA) is 29.5 Å². The van der Waals surface area contributed by atoms with Crippen LogP contribution >= 0.6 is 0 Å². The molecule has 0 saturated heterocycles. The lowest BCUT2D eigenvalue weighted by Gasteiger charge is -2.31. The minimum atomic E-state index is -0.740. The molecule has 1 unspecified atom stereocenters. The fraction of sp³-hybridized carbons (Fsp3) is 0.600. The second-order valence-electron chi connectivity index (χ2n) is 5.12. The van der Waals surface area contributed by atoms with Crippen molar-refractivity contribution in [2.24, 2.45) is 5.92 Å². The van der Waals surface area contributed by atoms with Crippen LogP contribution in [0, 0.1) is 5.92 Å². The Morgan fingerprint density at radius 2 is 1.65 bits per heavy atom. The summed E-state index contributed by atoms with van der Waals surface area (Å²) in [6.07, 6.45) is 0.894. The minimum Gasteiger partial charge on any atom is -0.491 e. The van der Waals surface area contributed by atoms with Gasteiger partial charge >= 0.3 is 0 Å². The summed E-state index contributed by atoms with van der Waals surface area (Å²) in [5, 5.41) is 10.6. The summed E-state index contributed by atoms with van der Waals surface area (Å²) in [7, 11) is 0. The summed E-state index contributed by atoms with van der Waals surface area (Å²) >= 11 is 0. The van der Waals surface area contributed by atoms with Gasteiger partial charge in [-0.2, -0.15) is 0 Å². The van der Waals surface area contributed by atoms with Crippen LogP contribution < -0.4 is 4.74 Å². The molecule has 0 spiro atoms. The van der Waals surface area contributed by atoms with Gasteiger partial charge in [-0.15, -0.1) is 0 Å². The second kappa shape index (κ2) is 5.54. The smallest absolute Gasteiger partial charge is 0.119 e. The van der Waals surface area contributed by atoms with Crippen LogP contribution in [-0.4, -0.2) is 11.2 Å². The first-order valence-corrected chi connectivity index (χ1v) is 6.39. The summed E-state index contributed by atoms with van der Waals surface area (Å²) in [4.78, 5) is 0. The van der Waals surface area contributed by atoms with Crippen molar-refractivity contribution in [3.63, 3.8) is 0 Å². The highest BCUT2D eigenvalue weighted by Crippen LogP contribution is 2.33. The number of ether oxygens (including phenoxy) is 1. The molecule has 0 heterocycles. The van der Waals surface area contributed by atoms with Gasteiger partial charge in [0.05, 0.1) is 11.7 Å². The number of aliphatic hydroxyl groups is 1. The molecule has 17 heavy (non-hydrogen) atoms. The van der Waals surface area contributed by atoms with E-state index in [1.54, 1.807) is 0 Å². The second-order valence-corrected chi connectivity index (χ2v) is 5.12. The van der Waals surface area contributed by atoms with Gasteiger partial charge in [-0.05, 0) is 43.9 Å². The summed E-state index contributed by atoms with van der Waals surface area (Å²) in [6.45, 7) is 10.1. The van der Waals surface area contributed by atoms with Crippen molar-refractivity contribution in [2.45, 2.75) is 52.7 Å². The van der Waals surface area contributed by atoms with Gasteiger partial charge in [0.1, 0.15) is 5.75 Å². The van der Waals surface area contributed by atoms with E-state index in [9.17, 15) is 5.11 Å². The van der Waals surface area contributed by atoms with Crippen LogP contribution in [-0.2, 0) is 5.60 Å². The molecule has 1 N–H and O–H groups in total. The van der Waals surface area contributed by atoms with E-state index in [0.717, 1.165) is 17.7 Å². The van der Waals surface area contributed by atoms with Gasteiger partial charge < -0.3 is 9.84 Å². The number of benzene rings is 1. The standard InChI is InChI=1S/C15H24O2/c1-6-15(16,11(2)3)13-7-9-14(10-8-13)17-12(4)5/h7-12,16H,6H2,1-5H3. The lowest BCUT2D eigenvalue weighted by molar-refractivity contribution is -0.0140. The monoisotopic (exact) mass is 236 g/mol. The Labute approximate surface area is 105 Å². The van der Waals surface area contributed by atoms with Gasteiger partial charge in [0.2, 0.25) is 0 Å². The van der Waals surface area contributed by atoms with Crippen molar-refractivity contribution >= 4 is 0 Å². The molecule has 0 radical (unpaired) electrons. The zero-order chi connectivity index (χ0) is 13.1. The van der Waals surface area contributed by atoms with Crippen LogP contribution in [0.4, 0.5) is 0 Å². The number of hydrogen-bond donors (Lipinski definition) is 1. The lowest BCUT2D eigenvalue weighted by atomic mass is 9.81. The van der Waals surface area contributed by atoms with E-state index in [1.807, 2.05) is 58.9 Å². The molecule has 0 aromatic heterocycles. The van der Waals surface area contributed by atoms with Crippen molar-refractivity contribution in [1.82, 2.24) is 0 Å². The van der Waals surface area contributed by atoms with Gasteiger partial charge in [-0.1, -0.05) is 32.9 Å². The number of rotatable bonds is 5. The quantitative estimate of drug-likeness (QED) is 0.844. The molecule has 2 heteroatoms. The van der Waals surface area contributed by atoms with Crippen molar-refractivity contribution < 1.29 is 9.84 Å². The van der Waals surface area contributed by atoms with E-state index in [2.05, 4.69) is 0 Å². The Morgan fingerprint density at radius 1 is 1.12 bits per heavy atom. The van der Waals surface area contributed by atoms with E-state index < -0.39 is 5.60 Å². The summed E-state index contributed by atoms with van der Waals surface area (Å²) in [5.74, 6) is 1.05. The van der Waals surface area contributed by atoms with Gasteiger partial charge in [0.25, 0.3) is 0 Å². The maximum absolute atomic E-state index is 10.6. The molecule has 0 aliphatic rings. The molecule has 0 fully saturated rings. The van der Waals surface area contributed by atoms with Crippen LogP contribution in [0.25, 0.3) is 0 Å². The largest absolute Gasteiger partial charge is 0.491 e. The summed E-state index contributed by atoms with van der Waals surface area (Å²) in [5.41, 5.74) is 0.224. The highest BCUT2D eigenvalue weighted by molar-refractivity contribution is 5.31. The molecule has 0 aliphatic carbocycles. The zero-order valence-electron chi connectivity index (χ0n) is 11.5. The molecular formula is C15H24O2. The molecule has 1 aromatic rings. The van der Waals surface area contributed by atoms with Crippen molar-refractivity contribution in [3.8, 4) is 5.75 Å². The SMILES string of the molecule is CCC(O)(c1ccc(OC(C)C)cc1)C(C)C. The summed E-state index contributed by atoms with van der Waals surface area (Å²) in [6, 6.07) is 7.78. The van der Waals surface area contributed by atoms with Gasteiger partial charge in [-0.25, -0.2) is 0 Å². The number of hydrogen-bond acceptors (Lipinski definition) is 2. The van der Waals surface area contributed by atoms with Crippen molar-refractivity contribution in [1.29, 1.82) is 0 Å². The third-order valence-electron chi connectivity index (χ3n) is 3.22. The molecule has 1 aromatic carbocycles. The van der Waals surface area contributed by atoms with E-state index >= 15 is 0 Å². The van der Waals surface area contributed by atoms with Crippen LogP contribution in [0.1, 0.15) is 46.6 Å². The van der Waals surface area contributed by atoms with Gasteiger partial charge in [0.15, 0.2) is 0 Å². The molecule has 0 bridgehead atoms. The molecule has 1 atom stereocenters. The Bertz CT molecular complexity index is 340. The molecule has 96 valence electrons. The minimum absolute atomic E-state index is 0.177. The fourth-order valence-electron chi connectivity index (χ4n) is 2.04. The van der Waals surface area contributed by atoms with Crippen LogP contribution in [0.3, 0.4) is 0 Å². The molecule has 0 saturated carbocycles. The zero-order valence-corrected chi connectivity index (χ0v) is 11.5. The Kier molecular flexibility index (Phi) is 4.58. The lowest BCUT2D eigenvalue weighted by Crippen LogP contribution is -2.31. The van der Waals surface area contributed by atoms with Crippen molar-refractivity contribution in [3.05, 3.63) is 29.8 Å². The van der Waals surface area contributed by atoms with Crippen LogP contribution in [0.2, 0.25) is 0 Å². The Hall–Kier alpha value is -1.02. The predicted octanol–water partition coefficient (Wildman–Crippen LogP) is 3.73. The molecule has 1 rings (SSSR count). The van der Waals surface area contributed by atoms with Gasteiger partial charge in [-0.3, -0.25) is 0 Å². The molecule has 0 amide bonds. The third kappa shape index (κ3) is 3.22. The van der Waals surface area contributed by atoms with Gasteiger partial charge in [0, 0.05) is 0 Å². The molecule has 0 aliphatic heterocycles. The molecule has 2 nitrogen and oxygen atoms in total. The molecular weight excluding hydrogens is 212 g/mol. The third-order valence-corrected chi connectivity index (χ3v) is 3.22. The maximum Gasteiger partial charge on any atom is 0.119 e. The van der Waals surface area contributed by atoms with Crippen molar-refractivity contribution in [2.75, 3.05) is 0 Å². The Balaban J connectivity index is 2.93. The van der Waals surface area contributed by atoms with Crippen LogP contribution in [0.15, 0.2) is 24.3 Å². The predicted molar refractivity (Wildman–Crippen MR) is 71.2 cm³/mol. The summed E-state index contributed by atoms with van der Waals surface area (Å²) < 4.78 is 5.59. The normalized spacial score (nSPS) is 15.1. The van der Waals surface area contributed by atoms with E-state index in [4.69, 9.17) is 4.74 Å². The van der Waals surface area contributed by atoms with E-state index in [-0.39, 0.29) is 12.0 Å². The van der Waals surface area contributed by atoms with E-state index in [0.29, 0.717) is 0 Å². The highest BCUT2D eigenvalue weighted by Gasteiger charge is 2.30. The average molecular weight is 236 g/mol.